The van der Waals surface area contributed by atoms with E-state index in [0.29, 0.717) is 16.4 Å². The first-order chi connectivity index (χ1) is 8.61. The van der Waals surface area contributed by atoms with Gasteiger partial charge >= 0.3 is 0 Å². The fraction of sp³-hybridized carbons (Fsp3) is 0.500. The molecular formula is C12H16ClN3O2. The molecule has 2 atom stereocenters. The Morgan fingerprint density at radius 1 is 1.56 bits per heavy atom. The van der Waals surface area contributed by atoms with Gasteiger partial charge < -0.3 is 15.7 Å². The molecule has 2 rings (SSSR count). The summed E-state index contributed by atoms with van der Waals surface area (Å²) in [6.07, 6.45) is 3.70. The Labute approximate surface area is 111 Å². The predicted molar refractivity (Wildman–Crippen MR) is 69.9 cm³/mol. The van der Waals surface area contributed by atoms with Gasteiger partial charge in [0.15, 0.2) is 0 Å². The monoisotopic (exact) mass is 269 g/mol. The molecule has 0 unspecified atom stereocenters. The number of hydrogen-bond acceptors (Lipinski definition) is 4. The van der Waals surface area contributed by atoms with E-state index in [2.05, 4.69) is 15.6 Å². The van der Waals surface area contributed by atoms with Gasteiger partial charge in [-0.15, -0.1) is 0 Å². The summed E-state index contributed by atoms with van der Waals surface area (Å²) in [5, 5.41) is 15.8. The van der Waals surface area contributed by atoms with Crippen LogP contribution in [0.5, 0.6) is 0 Å². The normalized spacial score (nSPS) is 22.8. The Bertz CT molecular complexity index is 453. The van der Waals surface area contributed by atoms with E-state index in [0.717, 1.165) is 19.3 Å². The topological polar surface area (TPSA) is 74.2 Å². The molecule has 18 heavy (non-hydrogen) atoms. The molecule has 1 aromatic rings. The Balaban J connectivity index is 2.24. The summed E-state index contributed by atoms with van der Waals surface area (Å²) in [4.78, 5) is 15.6. The maximum absolute atomic E-state index is 11.7. The van der Waals surface area contributed by atoms with Gasteiger partial charge in [0.1, 0.15) is 5.15 Å². The SMILES string of the molecule is CNC(=O)c1cnc(Cl)cc1N[C@@H]1CCC[C@H]1O. The van der Waals surface area contributed by atoms with Crippen LogP contribution in [0, 0.1) is 0 Å². The molecule has 1 aromatic heterocycles. The van der Waals surface area contributed by atoms with Gasteiger partial charge in [0.25, 0.3) is 5.91 Å². The van der Waals surface area contributed by atoms with Crippen LogP contribution in [0.3, 0.4) is 0 Å². The number of pyridine rings is 1. The number of hydrogen-bond donors (Lipinski definition) is 3. The minimum Gasteiger partial charge on any atom is -0.391 e. The minimum atomic E-state index is -0.380. The van der Waals surface area contributed by atoms with Crippen LogP contribution in [0.25, 0.3) is 0 Å². The van der Waals surface area contributed by atoms with Crippen LogP contribution in [-0.2, 0) is 0 Å². The van der Waals surface area contributed by atoms with Crippen LogP contribution in [0.2, 0.25) is 5.15 Å². The van der Waals surface area contributed by atoms with Gasteiger partial charge in [0, 0.05) is 13.2 Å². The second kappa shape index (κ2) is 5.54. The first-order valence-corrected chi connectivity index (χ1v) is 6.32. The van der Waals surface area contributed by atoms with Crippen LogP contribution < -0.4 is 10.6 Å². The molecule has 0 aliphatic heterocycles. The molecule has 1 aliphatic carbocycles. The summed E-state index contributed by atoms with van der Waals surface area (Å²) in [5.74, 6) is -0.228. The third kappa shape index (κ3) is 2.73. The molecule has 0 saturated heterocycles. The van der Waals surface area contributed by atoms with Crippen molar-refractivity contribution >= 4 is 23.2 Å². The van der Waals surface area contributed by atoms with Gasteiger partial charge in [-0.05, 0) is 25.3 Å². The highest BCUT2D eigenvalue weighted by Crippen LogP contribution is 2.26. The largest absolute Gasteiger partial charge is 0.391 e. The van der Waals surface area contributed by atoms with E-state index < -0.39 is 0 Å². The maximum Gasteiger partial charge on any atom is 0.254 e. The summed E-state index contributed by atoms with van der Waals surface area (Å²) >= 11 is 5.84. The number of nitrogens with one attached hydrogen (secondary N) is 2. The van der Waals surface area contributed by atoms with Crippen LogP contribution in [0.15, 0.2) is 12.3 Å². The second-order valence-electron chi connectivity index (χ2n) is 4.38. The molecule has 5 nitrogen and oxygen atoms in total. The standard InChI is InChI=1S/C12H16ClN3O2/c1-14-12(18)7-6-15-11(13)5-9(7)16-8-3-2-4-10(8)17/h5-6,8,10,17H,2-4H2,1H3,(H,14,18)(H,15,16)/t8-,10-/m1/s1. The molecule has 1 fully saturated rings. The zero-order valence-electron chi connectivity index (χ0n) is 10.1. The molecule has 1 saturated carbocycles. The van der Waals surface area contributed by atoms with Gasteiger partial charge in [-0.2, -0.15) is 0 Å². The molecular weight excluding hydrogens is 254 g/mol. The van der Waals surface area contributed by atoms with E-state index in [4.69, 9.17) is 11.6 Å². The average molecular weight is 270 g/mol. The van der Waals surface area contributed by atoms with E-state index in [-0.39, 0.29) is 18.1 Å². The number of anilines is 1. The number of nitrogens with zero attached hydrogens (tertiary/aromatic N) is 1. The molecule has 0 radical (unpaired) electrons. The lowest BCUT2D eigenvalue weighted by molar-refractivity contribution is 0.0963. The van der Waals surface area contributed by atoms with Gasteiger partial charge in [0.2, 0.25) is 0 Å². The number of rotatable bonds is 3. The number of aliphatic hydroxyl groups excluding tert-OH is 1. The van der Waals surface area contributed by atoms with Crippen LogP contribution in [-0.4, -0.2) is 35.2 Å². The highest BCUT2D eigenvalue weighted by Gasteiger charge is 2.26. The summed E-state index contributed by atoms with van der Waals surface area (Å²) in [7, 11) is 1.56. The summed E-state index contributed by atoms with van der Waals surface area (Å²) in [6, 6.07) is 1.57. The van der Waals surface area contributed by atoms with Gasteiger partial charge in [-0.3, -0.25) is 4.79 Å². The Hall–Kier alpha value is -1.33. The van der Waals surface area contributed by atoms with E-state index in [1.165, 1.54) is 6.20 Å². The van der Waals surface area contributed by atoms with Crippen molar-refractivity contribution in [3.05, 3.63) is 23.0 Å². The Kier molecular flexibility index (Phi) is 4.04. The zero-order chi connectivity index (χ0) is 13.1. The smallest absolute Gasteiger partial charge is 0.254 e. The van der Waals surface area contributed by atoms with Crippen LogP contribution >= 0.6 is 11.6 Å². The van der Waals surface area contributed by atoms with Crippen molar-refractivity contribution in [2.24, 2.45) is 0 Å². The summed E-state index contributed by atoms with van der Waals surface area (Å²) < 4.78 is 0. The fourth-order valence-corrected chi connectivity index (χ4v) is 2.33. The summed E-state index contributed by atoms with van der Waals surface area (Å²) in [5.41, 5.74) is 1.04. The third-order valence-corrected chi connectivity index (χ3v) is 3.37. The number of carbonyl (C=O) groups is 1. The van der Waals surface area contributed by atoms with Crippen molar-refractivity contribution in [2.45, 2.75) is 31.4 Å². The molecule has 1 heterocycles. The number of amides is 1. The Morgan fingerprint density at radius 3 is 2.94 bits per heavy atom. The number of aromatic nitrogens is 1. The van der Waals surface area contributed by atoms with Crippen molar-refractivity contribution in [3.63, 3.8) is 0 Å². The molecule has 1 amide bonds. The highest BCUT2D eigenvalue weighted by atomic mass is 35.5. The van der Waals surface area contributed by atoms with Crippen molar-refractivity contribution < 1.29 is 9.90 Å². The van der Waals surface area contributed by atoms with Crippen molar-refractivity contribution in [1.82, 2.24) is 10.3 Å². The molecule has 6 heteroatoms. The van der Waals surface area contributed by atoms with Crippen molar-refractivity contribution in [3.8, 4) is 0 Å². The van der Waals surface area contributed by atoms with Crippen molar-refractivity contribution in [2.75, 3.05) is 12.4 Å². The number of halogens is 1. The van der Waals surface area contributed by atoms with E-state index in [1.54, 1.807) is 13.1 Å². The first-order valence-electron chi connectivity index (χ1n) is 5.94. The lowest BCUT2D eigenvalue weighted by Gasteiger charge is -2.19. The molecule has 1 aliphatic rings. The van der Waals surface area contributed by atoms with Crippen LogP contribution in [0.4, 0.5) is 5.69 Å². The molecule has 0 bridgehead atoms. The van der Waals surface area contributed by atoms with Gasteiger partial charge in [-0.25, -0.2) is 4.98 Å². The molecule has 0 spiro atoms. The first kappa shape index (κ1) is 13.1. The Morgan fingerprint density at radius 2 is 2.33 bits per heavy atom. The van der Waals surface area contributed by atoms with Gasteiger partial charge in [0.05, 0.1) is 23.4 Å². The van der Waals surface area contributed by atoms with Crippen molar-refractivity contribution in [1.29, 1.82) is 0 Å². The third-order valence-electron chi connectivity index (χ3n) is 3.16. The summed E-state index contributed by atoms with van der Waals surface area (Å²) in [6.45, 7) is 0. The van der Waals surface area contributed by atoms with Gasteiger partial charge in [-0.1, -0.05) is 11.6 Å². The van der Waals surface area contributed by atoms with E-state index >= 15 is 0 Å². The molecule has 98 valence electrons. The van der Waals surface area contributed by atoms with E-state index in [1.807, 2.05) is 0 Å². The zero-order valence-corrected chi connectivity index (χ0v) is 10.9. The quantitative estimate of drug-likeness (QED) is 0.726. The fourth-order valence-electron chi connectivity index (χ4n) is 2.17. The lowest BCUT2D eigenvalue weighted by Crippen LogP contribution is -2.29. The molecule has 3 N–H and O–H groups in total. The second-order valence-corrected chi connectivity index (χ2v) is 4.77. The number of aliphatic hydroxyl groups is 1. The highest BCUT2D eigenvalue weighted by molar-refractivity contribution is 6.29. The lowest BCUT2D eigenvalue weighted by atomic mass is 10.1. The van der Waals surface area contributed by atoms with E-state index in [9.17, 15) is 9.90 Å². The number of carbonyl (C=O) groups excluding carboxylic acids is 1. The minimum absolute atomic E-state index is 0.0353. The molecule has 0 aromatic carbocycles. The predicted octanol–water partition coefficient (Wildman–Crippen LogP) is 1.42. The van der Waals surface area contributed by atoms with Crippen LogP contribution in [0.1, 0.15) is 29.6 Å². The maximum atomic E-state index is 11.7. The average Bonchev–Trinajstić information content (AvgIpc) is 2.74.